The Kier molecular flexibility index (Phi) is 9.88. The molecular formula is C25H22Br3N3O4. The molecule has 0 radical (unpaired) electrons. The second kappa shape index (κ2) is 12.9. The number of nitrogens with one attached hydrogen (secondary N) is 2. The van der Waals surface area contributed by atoms with E-state index in [1.165, 1.54) is 6.21 Å². The zero-order valence-corrected chi connectivity index (χ0v) is 23.7. The van der Waals surface area contributed by atoms with Gasteiger partial charge in [0, 0.05) is 15.7 Å². The van der Waals surface area contributed by atoms with Crippen LogP contribution in [0.3, 0.4) is 0 Å². The largest absolute Gasteiger partial charge is 0.496 e. The molecule has 0 unspecified atom stereocenters. The molecule has 3 aromatic rings. The molecule has 0 saturated heterocycles. The SMILES string of the molecule is CCc1ccccc1NC(=O)C(=O)N/N=C/c1ccc(OC)c(COc2c(Br)cc(Br)cc2Br)c1. The number of halogens is 3. The summed E-state index contributed by atoms with van der Waals surface area (Å²) in [6, 6.07) is 16.5. The number of ether oxygens (including phenoxy) is 2. The van der Waals surface area contributed by atoms with Crippen LogP contribution in [-0.4, -0.2) is 25.1 Å². The van der Waals surface area contributed by atoms with Crippen LogP contribution in [0.25, 0.3) is 0 Å². The number of methoxy groups -OCH3 is 1. The van der Waals surface area contributed by atoms with E-state index < -0.39 is 11.8 Å². The summed E-state index contributed by atoms with van der Waals surface area (Å²) in [7, 11) is 1.58. The number of para-hydroxylation sites is 1. The lowest BCUT2D eigenvalue weighted by Gasteiger charge is -2.13. The fourth-order valence-corrected chi connectivity index (χ4v) is 5.64. The summed E-state index contributed by atoms with van der Waals surface area (Å²) >= 11 is 10.4. The lowest BCUT2D eigenvalue weighted by atomic mass is 10.1. The fraction of sp³-hybridized carbons (Fsp3) is 0.160. The Labute approximate surface area is 228 Å². The Morgan fingerprint density at radius 3 is 2.37 bits per heavy atom. The first-order chi connectivity index (χ1) is 16.8. The molecule has 3 aromatic carbocycles. The molecule has 0 saturated carbocycles. The van der Waals surface area contributed by atoms with Gasteiger partial charge >= 0.3 is 11.8 Å². The highest BCUT2D eigenvalue weighted by atomic mass is 79.9. The maximum atomic E-state index is 12.2. The molecule has 3 rings (SSSR count). The van der Waals surface area contributed by atoms with Crippen molar-refractivity contribution in [1.82, 2.24) is 5.43 Å². The fourth-order valence-electron chi connectivity index (χ4n) is 3.15. The van der Waals surface area contributed by atoms with Crippen molar-refractivity contribution in [2.75, 3.05) is 12.4 Å². The first-order valence-corrected chi connectivity index (χ1v) is 12.9. The molecule has 10 heteroatoms. The van der Waals surface area contributed by atoms with Gasteiger partial charge in [0.15, 0.2) is 0 Å². The third kappa shape index (κ3) is 7.39. The van der Waals surface area contributed by atoms with Crippen LogP contribution in [0.2, 0.25) is 0 Å². The lowest BCUT2D eigenvalue weighted by Crippen LogP contribution is -2.32. The van der Waals surface area contributed by atoms with Gasteiger partial charge in [0.25, 0.3) is 0 Å². The van der Waals surface area contributed by atoms with Gasteiger partial charge in [0.1, 0.15) is 18.1 Å². The van der Waals surface area contributed by atoms with Crippen molar-refractivity contribution >= 4 is 71.5 Å². The molecule has 0 atom stereocenters. The number of nitrogens with zero attached hydrogens (tertiary/aromatic N) is 1. The zero-order valence-electron chi connectivity index (χ0n) is 18.9. The van der Waals surface area contributed by atoms with Gasteiger partial charge in [-0.25, -0.2) is 5.43 Å². The molecule has 2 N–H and O–H groups in total. The van der Waals surface area contributed by atoms with Gasteiger partial charge in [-0.2, -0.15) is 5.10 Å². The number of anilines is 1. The van der Waals surface area contributed by atoms with E-state index >= 15 is 0 Å². The number of hydrogen-bond acceptors (Lipinski definition) is 5. The molecule has 35 heavy (non-hydrogen) atoms. The van der Waals surface area contributed by atoms with E-state index in [2.05, 4.69) is 63.6 Å². The van der Waals surface area contributed by atoms with Gasteiger partial charge in [-0.15, -0.1) is 0 Å². The highest BCUT2D eigenvalue weighted by molar-refractivity contribution is 9.11. The Bertz CT molecular complexity index is 1240. The Morgan fingerprint density at radius 1 is 0.971 bits per heavy atom. The van der Waals surface area contributed by atoms with Crippen molar-refractivity contribution in [2.24, 2.45) is 5.10 Å². The van der Waals surface area contributed by atoms with E-state index in [1.807, 2.05) is 37.3 Å². The third-order valence-corrected chi connectivity index (χ3v) is 6.51. The highest BCUT2D eigenvalue weighted by Crippen LogP contribution is 2.37. The minimum absolute atomic E-state index is 0.231. The second-order valence-corrected chi connectivity index (χ2v) is 9.85. The van der Waals surface area contributed by atoms with E-state index in [0.29, 0.717) is 22.7 Å². The number of carbonyl (C=O) groups is 2. The summed E-state index contributed by atoms with van der Waals surface area (Å²) in [6.45, 7) is 2.20. The van der Waals surface area contributed by atoms with E-state index in [4.69, 9.17) is 9.47 Å². The average molecular weight is 668 g/mol. The highest BCUT2D eigenvalue weighted by Gasteiger charge is 2.14. The summed E-state index contributed by atoms with van der Waals surface area (Å²) in [6.07, 6.45) is 2.18. The molecule has 0 heterocycles. The second-order valence-electron chi connectivity index (χ2n) is 7.22. The van der Waals surface area contributed by atoms with Gasteiger partial charge in [-0.3, -0.25) is 9.59 Å². The maximum Gasteiger partial charge on any atom is 0.329 e. The summed E-state index contributed by atoms with van der Waals surface area (Å²) in [5.41, 5.74) is 5.26. The van der Waals surface area contributed by atoms with Gasteiger partial charge in [0.05, 0.1) is 22.3 Å². The van der Waals surface area contributed by atoms with Crippen molar-refractivity contribution in [3.63, 3.8) is 0 Å². The van der Waals surface area contributed by atoms with Gasteiger partial charge in [-0.1, -0.05) is 41.1 Å². The quantitative estimate of drug-likeness (QED) is 0.170. The molecule has 0 bridgehead atoms. The number of aryl methyl sites for hydroxylation is 1. The Hall–Kier alpha value is -2.69. The molecule has 0 aliphatic heterocycles. The number of hydrogen-bond donors (Lipinski definition) is 2. The van der Waals surface area contributed by atoms with E-state index in [-0.39, 0.29) is 6.61 Å². The lowest BCUT2D eigenvalue weighted by molar-refractivity contribution is -0.136. The monoisotopic (exact) mass is 665 g/mol. The van der Waals surface area contributed by atoms with Gasteiger partial charge < -0.3 is 14.8 Å². The first kappa shape index (κ1) is 26.9. The molecular weight excluding hydrogens is 646 g/mol. The maximum absolute atomic E-state index is 12.2. The topological polar surface area (TPSA) is 89.0 Å². The molecule has 7 nitrogen and oxygen atoms in total. The standard InChI is InChI=1S/C25H22Br3N3O4/c1-3-16-6-4-5-7-21(16)30-24(32)25(33)31-29-13-15-8-9-22(34-2)17(10-15)14-35-23-19(27)11-18(26)12-20(23)28/h4-13H,3,14H2,1-2H3,(H,30,32)(H,31,33)/b29-13+. The zero-order chi connectivity index (χ0) is 25.4. The number of hydrazone groups is 1. The van der Waals surface area contributed by atoms with Crippen LogP contribution < -0.4 is 20.2 Å². The Balaban J connectivity index is 1.65. The van der Waals surface area contributed by atoms with Crippen LogP contribution in [0, 0.1) is 0 Å². The van der Waals surface area contributed by atoms with Gasteiger partial charge in [0.2, 0.25) is 0 Å². The van der Waals surface area contributed by atoms with E-state index in [0.717, 1.165) is 31.0 Å². The molecule has 0 aromatic heterocycles. The van der Waals surface area contributed by atoms with E-state index in [9.17, 15) is 9.59 Å². The first-order valence-electron chi connectivity index (χ1n) is 10.5. The van der Waals surface area contributed by atoms with Crippen LogP contribution in [0.15, 0.2) is 73.1 Å². The number of rotatable bonds is 8. The van der Waals surface area contributed by atoms with Crippen LogP contribution >= 0.6 is 47.8 Å². The van der Waals surface area contributed by atoms with Crippen molar-refractivity contribution in [3.05, 3.63) is 84.7 Å². The molecule has 0 aliphatic rings. The smallest absolute Gasteiger partial charge is 0.329 e. The number of benzene rings is 3. The van der Waals surface area contributed by atoms with Crippen molar-refractivity contribution in [3.8, 4) is 11.5 Å². The Morgan fingerprint density at radius 2 is 1.69 bits per heavy atom. The average Bonchev–Trinajstić information content (AvgIpc) is 2.83. The van der Waals surface area contributed by atoms with E-state index in [1.54, 1.807) is 31.4 Å². The summed E-state index contributed by atoms with van der Waals surface area (Å²) < 4.78 is 13.9. The number of carbonyl (C=O) groups excluding carboxylic acids is 2. The molecule has 0 aliphatic carbocycles. The summed E-state index contributed by atoms with van der Waals surface area (Å²) in [5, 5.41) is 6.52. The molecule has 0 fully saturated rings. The molecule has 0 spiro atoms. The van der Waals surface area contributed by atoms with Crippen LogP contribution in [0.4, 0.5) is 5.69 Å². The summed E-state index contributed by atoms with van der Waals surface area (Å²) in [4.78, 5) is 24.4. The van der Waals surface area contributed by atoms with Crippen LogP contribution in [0.1, 0.15) is 23.6 Å². The number of amides is 2. The minimum atomic E-state index is -0.867. The summed E-state index contributed by atoms with van der Waals surface area (Å²) in [5.74, 6) is -0.367. The van der Waals surface area contributed by atoms with Gasteiger partial charge in [-0.05, 0) is 85.8 Å². The molecule has 182 valence electrons. The normalized spacial score (nSPS) is 10.8. The van der Waals surface area contributed by atoms with Crippen molar-refractivity contribution in [1.29, 1.82) is 0 Å². The van der Waals surface area contributed by atoms with Crippen LogP contribution in [0.5, 0.6) is 11.5 Å². The predicted octanol–water partition coefficient (Wildman–Crippen LogP) is 6.21. The van der Waals surface area contributed by atoms with Crippen molar-refractivity contribution in [2.45, 2.75) is 20.0 Å². The van der Waals surface area contributed by atoms with Crippen molar-refractivity contribution < 1.29 is 19.1 Å². The third-order valence-electron chi connectivity index (χ3n) is 4.87. The minimum Gasteiger partial charge on any atom is -0.496 e. The molecule has 2 amide bonds. The predicted molar refractivity (Wildman–Crippen MR) is 147 cm³/mol. The van der Waals surface area contributed by atoms with Crippen LogP contribution in [-0.2, 0) is 22.6 Å².